The van der Waals surface area contributed by atoms with Crippen molar-refractivity contribution in [3.63, 3.8) is 0 Å². The van der Waals surface area contributed by atoms with E-state index in [9.17, 15) is 10.1 Å². The molecule has 21 heavy (non-hydrogen) atoms. The van der Waals surface area contributed by atoms with Crippen LogP contribution in [0.2, 0.25) is 0 Å². The molecule has 116 valence electrons. The van der Waals surface area contributed by atoms with Crippen molar-refractivity contribution in [2.45, 2.75) is 39.0 Å². The highest BCUT2D eigenvalue weighted by atomic mass is 16.6. The topological polar surface area (TPSA) is 71.3 Å². The van der Waals surface area contributed by atoms with Crippen molar-refractivity contribution < 1.29 is 4.92 Å². The third-order valence-corrected chi connectivity index (χ3v) is 4.15. The summed E-state index contributed by atoms with van der Waals surface area (Å²) in [5.74, 6) is 1.92. The smallest absolute Gasteiger partial charge is 0.311 e. The standard InChI is InChI=1S/C15H24N4O2/c1-3-5-12-6-4-10-18(11-9-12)15-13(19(20)21)7-8-14(16-2)17-15/h7-8,12H,3-6,9-11H2,1-2H3,(H,16,17). The molecule has 1 aromatic heterocycles. The van der Waals surface area contributed by atoms with E-state index >= 15 is 0 Å². The van der Waals surface area contributed by atoms with Crippen LogP contribution in [0.3, 0.4) is 0 Å². The first kappa shape index (κ1) is 15.5. The van der Waals surface area contributed by atoms with Gasteiger partial charge >= 0.3 is 5.69 Å². The van der Waals surface area contributed by atoms with Crippen molar-refractivity contribution >= 4 is 17.3 Å². The van der Waals surface area contributed by atoms with E-state index in [4.69, 9.17) is 0 Å². The Morgan fingerprint density at radius 2 is 2.24 bits per heavy atom. The summed E-state index contributed by atoms with van der Waals surface area (Å²) in [5.41, 5.74) is 0.0999. The average Bonchev–Trinajstić information content (AvgIpc) is 2.72. The van der Waals surface area contributed by atoms with Gasteiger partial charge in [0.2, 0.25) is 5.82 Å². The molecule has 0 aromatic carbocycles. The Labute approximate surface area is 125 Å². The molecule has 1 saturated heterocycles. The number of nitro groups is 1. The predicted molar refractivity (Wildman–Crippen MR) is 84.9 cm³/mol. The van der Waals surface area contributed by atoms with Gasteiger partial charge < -0.3 is 10.2 Å². The molecule has 6 heteroatoms. The molecule has 1 aromatic rings. The maximum atomic E-state index is 11.2. The number of rotatable bonds is 5. The average molecular weight is 292 g/mol. The molecule has 0 spiro atoms. The molecular weight excluding hydrogens is 268 g/mol. The molecular formula is C15H24N4O2. The van der Waals surface area contributed by atoms with E-state index < -0.39 is 0 Å². The second-order valence-electron chi connectivity index (χ2n) is 5.62. The largest absolute Gasteiger partial charge is 0.373 e. The number of hydrogen-bond donors (Lipinski definition) is 1. The summed E-state index contributed by atoms with van der Waals surface area (Å²) >= 11 is 0. The van der Waals surface area contributed by atoms with Crippen molar-refractivity contribution in [3.05, 3.63) is 22.2 Å². The summed E-state index contributed by atoms with van der Waals surface area (Å²) in [4.78, 5) is 17.4. The Morgan fingerprint density at radius 3 is 2.90 bits per heavy atom. The highest BCUT2D eigenvalue weighted by Gasteiger charge is 2.24. The van der Waals surface area contributed by atoms with Gasteiger partial charge in [0.1, 0.15) is 5.82 Å². The van der Waals surface area contributed by atoms with E-state index in [1.807, 2.05) is 0 Å². The molecule has 0 bridgehead atoms. The van der Waals surface area contributed by atoms with Crippen LogP contribution in [0.25, 0.3) is 0 Å². The minimum atomic E-state index is -0.337. The van der Waals surface area contributed by atoms with Gasteiger partial charge in [-0.1, -0.05) is 19.8 Å². The van der Waals surface area contributed by atoms with Crippen molar-refractivity contribution in [2.24, 2.45) is 5.92 Å². The predicted octanol–water partition coefficient (Wildman–Crippen LogP) is 3.44. The molecule has 0 radical (unpaired) electrons. The Balaban J connectivity index is 2.21. The number of anilines is 2. The molecule has 0 saturated carbocycles. The zero-order valence-corrected chi connectivity index (χ0v) is 12.8. The lowest BCUT2D eigenvalue weighted by Gasteiger charge is -2.22. The van der Waals surface area contributed by atoms with E-state index in [-0.39, 0.29) is 10.6 Å². The third-order valence-electron chi connectivity index (χ3n) is 4.15. The first-order chi connectivity index (χ1) is 10.2. The van der Waals surface area contributed by atoms with Crippen molar-refractivity contribution in [1.29, 1.82) is 0 Å². The quantitative estimate of drug-likeness (QED) is 0.665. The lowest BCUT2D eigenvalue weighted by atomic mass is 9.96. The lowest BCUT2D eigenvalue weighted by molar-refractivity contribution is -0.384. The molecule has 1 N–H and O–H groups in total. The molecule has 1 atom stereocenters. The molecule has 2 heterocycles. The summed E-state index contributed by atoms with van der Waals surface area (Å²) in [7, 11) is 1.78. The van der Waals surface area contributed by atoms with Gasteiger partial charge in [-0.3, -0.25) is 10.1 Å². The fourth-order valence-corrected chi connectivity index (χ4v) is 3.03. The van der Waals surface area contributed by atoms with Crippen molar-refractivity contribution in [2.75, 3.05) is 30.4 Å². The maximum absolute atomic E-state index is 11.2. The van der Waals surface area contributed by atoms with Gasteiger partial charge in [-0.05, 0) is 31.2 Å². The van der Waals surface area contributed by atoms with Crippen LogP contribution >= 0.6 is 0 Å². The number of nitrogens with one attached hydrogen (secondary N) is 1. The van der Waals surface area contributed by atoms with Crippen molar-refractivity contribution in [3.8, 4) is 0 Å². The summed E-state index contributed by atoms with van der Waals surface area (Å²) in [6.45, 7) is 3.92. The molecule has 1 fully saturated rings. The number of pyridine rings is 1. The molecule has 6 nitrogen and oxygen atoms in total. The second kappa shape index (κ2) is 7.24. The van der Waals surface area contributed by atoms with Crippen LogP contribution in [0.1, 0.15) is 39.0 Å². The molecule has 0 aliphatic carbocycles. The molecule has 2 rings (SSSR count). The SMILES string of the molecule is CCCC1CCCN(c2nc(NC)ccc2[N+](=O)[O-])CC1. The Morgan fingerprint density at radius 1 is 1.43 bits per heavy atom. The van der Waals surface area contributed by atoms with Gasteiger partial charge in [0.05, 0.1) is 4.92 Å². The van der Waals surface area contributed by atoms with Crippen LogP contribution in [-0.4, -0.2) is 30.0 Å². The van der Waals surface area contributed by atoms with Gasteiger partial charge in [0.15, 0.2) is 0 Å². The normalized spacial score (nSPS) is 19.1. The fourth-order valence-electron chi connectivity index (χ4n) is 3.03. The fraction of sp³-hybridized carbons (Fsp3) is 0.667. The lowest BCUT2D eigenvalue weighted by Crippen LogP contribution is -2.26. The minimum absolute atomic E-state index is 0.0999. The van der Waals surface area contributed by atoms with E-state index in [2.05, 4.69) is 22.1 Å². The monoisotopic (exact) mass is 292 g/mol. The zero-order valence-electron chi connectivity index (χ0n) is 12.8. The van der Waals surface area contributed by atoms with Crippen LogP contribution in [-0.2, 0) is 0 Å². The molecule has 1 aliphatic heterocycles. The van der Waals surface area contributed by atoms with Gasteiger partial charge in [-0.25, -0.2) is 4.98 Å². The van der Waals surface area contributed by atoms with Crippen LogP contribution in [0.15, 0.2) is 12.1 Å². The number of nitrogens with zero attached hydrogens (tertiary/aromatic N) is 3. The van der Waals surface area contributed by atoms with E-state index in [0.717, 1.165) is 31.8 Å². The van der Waals surface area contributed by atoms with Gasteiger partial charge in [0.25, 0.3) is 0 Å². The minimum Gasteiger partial charge on any atom is -0.373 e. The van der Waals surface area contributed by atoms with Crippen LogP contribution in [0, 0.1) is 16.0 Å². The molecule has 1 unspecified atom stereocenters. The maximum Gasteiger partial charge on any atom is 0.311 e. The van der Waals surface area contributed by atoms with Crippen LogP contribution < -0.4 is 10.2 Å². The molecule has 0 amide bonds. The van der Waals surface area contributed by atoms with Crippen LogP contribution in [0.4, 0.5) is 17.3 Å². The second-order valence-corrected chi connectivity index (χ2v) is 5.62. The Bertz CT molecular complexity index is 493. The zero-order chi connectivity index (χ0) is 15.2. The number of hydrogen-bond acceptors (Lipinski definition) is 5. The van der Waals surface area contributed by atoms with Gasteiger partial charge in [0, 0.05) is 26.2 Å². The highest BCUT2D eigenvalue weighted by molar-refractivity contribution is 5.61. The molecule has 1 aliphatic rings. The third kappa shape index (κ3) is 3.83. The van der Waals surface area contributed by atoms with E-state index in [1.165, 1.54) is 19.3 Å². The summed E-state index contributed by atoms with van der Waals surface area (Å²) < 4.78 is 0. The Kier molecular flexibility index (Phi) is 5.36. The van der Waals surface area contributed by atoms with Gasteiger partial charge in [-0.15, -0.1) is 0 Å². The Hall–Kier alpha value is -1.85. The van der Waals surface area contributed by atoms with Crippen molar-refractivity contribution in [1.82, 2.24) is 4.98 Å². The first-order valence-corrected chi connectivity index (χ1v) is 7.73. The summed E-state index contributed by atoms with van der Waals surface area (Å²) in [5, 5.41) is 14.2. The van der Waals surface area contributed by atoms with Crippen LogP contribution in [0.5, 0.6) is 0 Å². The number of aromatic nitrogens is 1. The summed E-state index contributed by atoms with van der Waals surface area (Å²) in [6, 6.07) is 3.20. The van der Waals surface area contributed by atoms with E-state index in [1.54, 1.807) is 19.2 Å². The van der Waals surface area contributed by atoms with E-state index in [0.29, 0.717) is 11.6 Å². The highest BCUT2D eigenvalue weighted by Crippen LogP contribution is 2.31. The first-order valence-electron chi connectivity index (χ1n) is 7.73. The van der Waals surface area contributed by atoms with Gasteiger partial charge in [-0.2, -0.15) is 0 Å². The summed E-state index contributed by atoms with van der Waals surface area (Å²) in [6.07, 6.45) is 5.84.